The van der Waals surface area contributed by atoms with E-state index in [1.54, 1.807) is 17.0 Å². The fourth-order valence-corrected chi connectivity index (χ4v) is 2.87. The third-order valence-corrected chi connectivity index (χ3v) is 4.47. The Morgan fingerprint density at radius 3 is 2.67 bits per heavy atom. The zero-order valence-electron chi connectivity index (χ0n) is 15.5. The second kappa shape index (κ2) is 8.20. The summed E-state index contributed by atoms with van der Waals surface area (Å²) in [5, 5.41) is 2.80. The van der Waals surface area contributed by atoms with Gasteiger partial charge >= 0.3 is 0 Å². The molecule has 0 bridgehead atoms. The summed E-state index contributed by atoms with van der Waals surface area (Å²) in [6, 6.07) is 10.7. The molecule has 0 aliphatic carbocycles. The molecule has 3 rings (SSSR count). The van der Waals surface area contributed by atoms with Crippen LogP contribution in [-0.2, 0) is 11.3 Å². The van der Waals surface area contributed by atoms with Crippen LogP contribution in [0.25, 0.3) is 0 Å². The largest absolute Gasteiger partial charge is 0.483 e. The summed E-state index contributed by atoms with van der Waals surface area (Å²) in [5.41, 5.74) is 1.82. The number of halogens is 1. The molecule has 2 aromatic carbocycles. The molecule has 0 aromatic heterocycles. The van der Waals surface area contributed by atoms with E-state index in [2.05, 4.69) is 19.2 Å². The van der Waals surface area contributed by atoms with Gasteiger partial charge in [-0.1, -0.05) is 13.8 Å². The van der Waals surface area contributed by atoms with Gasteiger partial charge in [-0.25, -0.2) is 4.39 Å². The van der Waals surface area contributed by atoms with Gasteiger partial charge < -0.3 is 15.0 Å². The van der Waals surface area contributed by atoms with E-state index in [1.807, 2.05) is 6.07 Å². The fraction of sp³-hybridized carbons (Fsp3) is 0.333. The van der Waals surface area contributed by atoms with Gasteiger partial charge in [0.05, 0.1) is 0 Å². The molecule has 1 aliphatic rings. The maximum Gasteiger partial charge on any atom is 0.260 e. The number of amides is 2. The molecule has 1 N–H and O–H groups in total. The number of nitrogens with one attached hydrogen (secondary N) is 1. The Hall–Kier alpha value is -2.89. The Balaban J connectivity index is 1.75. The first kappa shape index (κ1) is 18.9. The topological polar surface area (TPSA) is 58.6 Å². The Morgan fingerprint density at radius 1 is 1.22 bits per heavy atom. The summed E-state index contributed by atoms with van der Waals surface area (Å²) in [7, 11) is 0. The van der Waals surface area contributed by atoms with Gasteiger partial charge in [0.1, 0.15) is 11.6 Å². The van der Waals surface area contributed by atoms with E-state index in [0.717, 1.165) is 12.0 Å². The molecule has 0 fully saturated rings. The number of nitrogens with zero attached hydrogens (tertiary/aromatic N) is 1. The van der Waals surface area contributed by atoms with Crippen LogP contribution in [0.4, 0.5) is 10.1 Å². The molecule has 2 aromatic rings. The molecule has 0 atom stereocenters. The van der Waals surface area contributed by atoms with Gasteiger partial charge in [0.25, 0.3) is 11.8 Å². The van der Waals surface area contributed by atoms with Crippen molar-refractivity contribution in [3.8, 4) is 5.75 Å². The molecule has 2 amide bonds. The Morgan fingerprint density at radius 2 is 1.96 bits per heavy atom. The van der Waals surface area contributed by atoms with Gasteiger partial charge in [0.15, 0.2) is 6.61 Å². The summed E-state index contributed by atoms with van der Waals surface area (Å²) in [6.45, 7) is 5.38. The van der Waals surface area contributed by atoms with Crippen LogP contribution in [0.15, 0.2) is 42.5 Å². The minimum Gasteiger partial charge on any atom is -0.483 e. The molecule has 0 unspecified atom stereocenters. The number of anilines is 1. The van der Waals surface area contributed by atoms with Crippen molar-refractivity contribution in [3.63, 3.8) is 0 Å². The third-order valence-electron chi connectivity index (χ3n) is 4.47. The van der Waals surface area contributed by atoms with Crippen molar-refractivity contribution < 1.29 is 18.7 Å². The summed E-state index contributed by atoms with van der Waals surface area (Å²) in [6.07, 6.45) is 0.919. The van der Waals surface area contributed by atoms with Crippen molar-refractivity contribution in [2.45, 2.75) is 26.8 Å². The summed E-state index contributed by atoms with van der Waals surface area (Å²) in [4.78, 5) is 26.4. The summed E-state index contributed by atoms with van der Waals surface area (Å²) in [5.74, 6) is 0.402. The van der Waals surface area contributed by atoms with Gasteiger partial charge in [0.2, 0.25) is 0 Å². The monoisotopic (exact) mass is 370 g/mol. The first-order valence-corrected chi connectivity index (χ1v) is 9.03. The molecule has 142 valence electrons. The van der Waals surface area contributed by atoms with Crippen LogP contribution in [-0.4, -0.2) is 29.9 Å². The molecule has 0 saturated carbocycles. The quantitative estimate of drug-likeness (QED) is 0.870. The third kappa shape index (κ3) is 4.84. The number of hydrogen-bond donors (Lipinski definition) is 1. The number of fused-ring (bicyclic) bond motifs is 1. The van der Waals surface area contributed by atoms with Crippen molar-refractivity contribution in [1.82, 2.24) is 4.90 Å². The molecule has 27 heavy (non-hydrogen) atoms. The van der Waals surface area contributed by atoms with Crippen molar-refractivity contribution >= 4 is 17.5 Å². The van der Waals surface area contributed by atoms with Crippen LogP contribution in [0.2, 0.25) is 0 Å². The van der Waals surface area contributed by atoms with E-state index in [0.29, 0.717) is 36.0 Å². The van der Waals surface area contributed by atoms with E-state index in [-0.39, 0.29) is 24.2 Å². The van der Waals surface area contributed by atoms with E-state index in [1.165, 1.54) is 24.3 Å². The first-order valence-electron chi connectivity index (χ1n) is 9.03. The maximum absolute atomic E-state index is 13.0. The van der Waals surface area contributed by atoms with Gasteiger partial charge in [0, 0.05) is 29.9 Å². The van der Waals surface area contributed by atoms with Crippen LogP contribution in [0.3, 0.4) is 0 Å². The van der Waals surface area contributed by atoms with E-state index in [9.17, 15) is 14.0 Å². The second-order valence-electron chi connectivity index (χ2n) is 7.07. The predicted octanol–water partition coefficient (Wildman–Crippen LogP) is 3.85. The fourth-order valence-electron chi connectivity index (χ4n) is 2.87. The molecule has 6 heteroatoms. The zero-order chi connectivity index (χ0) is 19.4. The van der Waals surface area contributed by atoms with E-state index >= 15 is 0 Å². The maximum atomic E-state index is 13.0. The smallest absolute Gasteiger partial charge is 0.260 e. The number of hydrogen-bond acceptors (Lipinski definition) is 3. The molecule has 0 spiro atoms. The molecule has 0 saturated heterocycles. The predicted molar refractivity (Wildman–Crippen MR) is 101 cm³/mol. The number of carbonyl (C=O) groups is 2. The average Bonchev–Trinajstić information content (AvgIpc) is 2.79. The molecule has 5 nitrogen and oxygen atoms in total. The summed E-state index contributed by atoms with van der Waals surface area (Å²) >= 11 is 0. The Kier molecular flexibility index (Phi) is 5.74. The molecule has 0 radical (unpaired) electrons. The SMILES string of the molecule is CC(C)CCN1Cc2cc(NC(=O)c3ccc(F)cc3)ccc2OCC1=O. The van der Waals surface area contributed by atoms with Crippen LogP contribution < -0.4 is 10.1 Å². The van der Waals surface area contributed by atoms with Crippen molar-refractivity contribution in [3.05, 3.63) is 59.4 Å². The number of benzene rings is 2. The van der Waals surface area contributed by atoms with Gasteiger partial charge in [-0.05, 0) is 54.8 Å². The minimum atomic E-state index is -0.389. The van der Waals surface area contributed by atoms with Crippen LogP contribution >= 0.6 is 0 Å². The lowest BCUT2D eigenvalue weighted by molar-refractivity contribution is -0.133. The molecular formula is C21H23FN2O3. The normalized spacial score (nSPS) is 13.8. The Labute approximate surface area is 158 Å². The van der Waals surface area contributed by atoms with Gasteiger partial charge in [-0.2, -0.15) is 0 Å². The van der Waals surface area contributed by atoms with Crippen molar-refractivity contribution in [2.75, 3.05) is 18.5 Å². The number of carbonyl (C=O) groups excluding carboxylic acids is 2. The standard InChI is InChI=1S/C21H23FN2O3/c1-14(2)9-10-24-12-16-11-18(7-8-19(16)27-13-20(24)25)23-21(26)15-3-5-17(22)6-4-15/h3-8,11,14H,9-10,12-13H2,1-2H3,(H,23,26). The highest BCUT2D eigenvalue weighted by molar-refractivity contribution is 6.04. The minimum absolute atomic E-state index is 0.0202. The lowest BCUT2D eigenvalue weighted by Crippen LogP contribution is -2.33. The van der Waals surface area contributed by atoms with Crippen LogP contribution in [0, 0.1) is 11.7 Å². The molecule has 1 heterocycles. The highest BCUT2D eigenvalue weighted by Gasteiger charge is 2.22. The van der Waals surface area contributed by atoms with E-state index < -0.39 is 0 Å². The van der Waals surface area contributed by atoms with E-state index in [4.69, 9.17) is 4.74 Å². The lowest BCUT2D eigenvalue weighted by atomic mass is 10.1. The molecule has 1 aliphatic heterocycles. The highest BCUT2D eigenvalue weighted by atomic mass is 19.1. The first-order chi connectivity index (χ1) is 12.9. The lowest BCUT2D eigenvalue weighted by Gasteiger charge is -2.21. The molecular weight excluding hydrogens is 347 g/mol. The van der Waals surface area contributed by atoms with Crippen LogP contribution in [0.1, 0.15) is 36.2 Å². The van der Waals surface area contributed by atoms with Crippen molar-refractivity contribution in [1.29, 1.82) is 0 Å². The number of ether oxygens (including phenoxy) is 1. The van der Waals surface area contributed by atoms with Crippen LogP contribution in [0.5, 0.6) is 5.75 Å². The zero-order valence-corrected chi connectivity index (χ0v) is 15.5. The average molecular weight is 370 g/mol. The number of rotatable bonds is 5. The summed E-state index contributed by atoms with van der Waals surface area (Å²) < 4.78 is 18.6. The van der Waals surface area contributed by atoms with Gasteiger partial charge in [-0.3, -0.25) is 9.59 Å². The van der Waals surface area contributed by atoms with Gasteiger partial charge in [-0.15, -0.1) is 0 Å². The second-order valence-corrected chi connectivity index (χ2v) is 7.07. The van der Waals surface area contributed by atoms with Crippen molar-refractivity contribution in [2.24, 2.45) is 5.92 Å². The Bertz CT molecular complexity index is 834. The highest BCUT2D eigenvalue weighted by Crippen LogP contribution is 2.27.